The van der Waals surface area contributed by atoms with E-state index < -0.39 is 0 Å². The molecule has 118 valence electrons. The maximum absolute atomic E-state index is 6.10. The summed E-state index contributed by atoms with van der Waals surface area (Å²) in [6, 6.07) is 3.85. The second-order valence-corrected chi connectivity index (χ2v) is 5.73. The molecule has 2 aromatic rings. The Morgan fingerprint density at radius 3 is 2.64 bits per heavy atom. The SMILES string of the molecule is COc1cc2nc(Cl)nc(N3CCCC(N)C3)c2cc1OC. The van der Waals surface area contributed by atoms with Gasteiger partial charge in [-0.1, -0.05) is 0 Å². The van der Waals surface area contributed by atoms with Gasteiger partial charge in [-0.05, 0) is 30.5 Å². The number of piperidine rings is 1. The van der Waals surface area contributed by atoms with Gasteiger partial charge < -0.3 is 20.1 Å². The fourth-order valence-electron chi connectivity index (χ4n) is 2.86. The van der Waals surface area contributed by atoms with E-state index >= 15 is 0 Å². The monoisotopic (exact) mass is 322 g/mol. The van der Waals surface area contributed by atoms with Crippen LogP contribution >= 0.6 is 11.6 Å². The summed E-state index contributed by atoms with van der Waals surface area (Å²) in [7, 11) is 3.20. The van der Waals surface area contributed by atoms with Gasteiger partial charge in [0.2, 0.25) is 5.28 Å². The van der Waals surface area contributed by atoms with Crippen LogP contribution in [0.1, 0.15) is 12.8 Å². The molecular weight excluding hydrogens is 304 g/mol. The molecule has 0 aliphatic carbocycles. The number of methoxy groups -OCH3 is 2. The number of nitrogens with two attached hydrogens (primary N) is 1. The largest absolute Gasteiger partial charge is 0.493 e. The summed E-state index contributed by atoms with van der Waals surface area (Å²) >= 11 is 6.10. The van der Waals surface area contributed by atoms with Crippen molar-refractivity contribution in [2.24, 2.45) is 5.73 Å². The minimum Gasteiger partial charge on any atom is -0.493 e. The van der Waals surface area contributed by atoms with Crippen molar-refractivity contribution < 1.29 is 9.47 Å². The van der Waals surface area contributed by atoms with Crippen molar-refractivity contribution in [3.8, 4) is 11.5 Å². The van der Waals surface area contributed by atoms with Gasteiger partial charge in [0.25, 0.3) is 0 Å². The Morgan fingerprint density at radius 2 is 1.95 bits per heavy atom. The third-order valence-corrected chi connectivity index (χ3v) is 4.08. The topological polar surface area (TPSA) is 73.5 Å². The summed E-state index contributed by atoms with van der Waals surface area (Å²) in [6.45, 7) is 1.67. The molecule has 7 heteroatoms. The number of ether oxygens (including phenoxy) is 2. The molecule has 0 saturated carbocycles. The number of hydrogen-bond donors (Lipinski definition) is 1. The molecule has 6 nitrogen and oxygen atoms in total. The Balaban J connectivity index is 2.16. The van der Waals surface area contributed by atoms with Gasteiger partial charge in [0.1, 0.15) is 5.82 Å². The highest BCUT2D eigenvalue weighted by Crippen LogP contribution is 2.36. The van der Waals surface area contributed by atoms with Crippen molar-refractivity contribution >= 4 is 28.3 Å². The number of benzene rings is 1. The van der Waals surface area contributed by atoms with Crippen molar-refractivity contribution in [3.05, 3.63) is 17.4 Å². The number of rotatable bonds is 3. The van der Waals surface area contributed by atoms with E-state index in [4.69, 9.17) is 26.8 Å². The molecular formula is C15H19ClN4O2. The Kier molecular flexibility index (Phi) is 4.22. The van der Waals surface area contributed by atoms with E-state index in [0.717, 1.165) is 42.7 Å². The highest BCUT2D eigenvalue weighted by Gasteiger charge is 2.22. The first-order valence-electron chi connectivity index (χ1n) is 7.22. The molecule has 2 heterocycles. The van der Waals surface area contributed by atoms with Crippen LogP contribution in [0, 0.1) is 0 Å². The molecule has 1 aliphatic heterocycles. The summed E-state index contributed by atoms with van der Waals surface area (Å²) in [5.41, 5.74) is 6.81. The van der Waals surface area contributed by atoms with Crippen LogP contribution in [-0.2, 0) is 0 Å². The Bertz CT molecular complexity index is 695. The number of nitrogens with zero attached hydrogens (tertiary/aromatic N) is 3. The maximum Gasteiger partial charge on any atom is 0.224 e. The lowest BCUT2D eigenvalue weighted by molar-refractivity contribution is 0.355. The van der Waals surface area contributed by atoms with E-state index in [1.54, 1.807) is 14.2 Å². The van der Waals surface area contributed by atoms with E-state index in [0.29, 0.717) is 11.5 Å². The van der Waals surface area contributed by atoms with Crippen molar-refractivity contribution in [1.82, 2.24) is 9.97 Å². The number of hydrogen-bond acceptors (Lipinski definition) is 6. The first-order valence-corrected chi connectivity index (χ1v) is 7.60. The molecule has 1 fully saturated rings. The van der Waals surface area contributed by atoms with Crippen molar-refractivity contribution in [1.29, 1.82) is 0 Å². The molecule has 2 N–H and O–H groups in total. The zero-order valence-electron chi connectivity index (χ0n) is 12.7. The predicted molar refractivity (Wildman–Crippen MR) is 87.1 cm³/mol. The van der Waals surface area contributed by atoms with Crippen molar-refractivity contribution in [2.45, 2.75) is 18.9 Å². The predicted octanol–water partition coefficient (Wildman–Crippen LogP) is 2.23. The normalized spacial score (nSPS) is 18.5. The molecule has 0 bridgehead atoms. The average molecular weight is 323 g/mol. The summed E-state index contributed by atoms with van der Waals surface area (Å²) in [4.78, 5) is 10.9. The smallest absolute Gasteiger partial charge is 0.224 e. The second kappa shape index (κ2) is 6.14. The maximum atomic E-state index is 6.10. The van der Waals surface area contributed by atoms with E-state index in [1.165, 1.54) is 0 Å². The number of aromatic nitrogens is 2. The van der Waals surface area contributed by atoms with Crippen molar-refractivity contribution in [2.75, 3.05) is 32.2 Å². The van der Waals surface area contributed by atoms with Gasteiger partial charge in [-0.25, -0.2) is 4.98 Å². The highest BCUT2D eigenvalue weighted by molar-refractivity contribution is 6.28. The molecule has 3 rings (SSSR count). The van der Waals surface area contributed by atoms with Gasteiger partial charge in [0, 0.05) is 30.6 Å². The Hall–Kier alpha value is -1.79. The van der Waals surface area contributed by atoms with Crippen LogP contribution in [0.4, 0.5) is 5.82 Å². The molecule has 1 aromatic heterocycles. The second-order valence-electron chi connectivity index (χ2n) is 5.39. The third-order valence-electron chi connectivity index (χ3n) is 3.91. The van der Waals surface area contributed by atoms with Crippen LogP contribution in [0.15, 0.2) is 12.1 Å². The van der Waals surface area contributed by atoms with Crippen LogP contribution in [-0.4, -0.2) is 43.3 Å². The number of fused-ring (bicyclic) bond motifs is 1. The Morgan fingerprint density at radius 1 is 1.23 bits per heavy atom. The number of anilines is 1. The molecule has 1 aromatic carbocycles. The molecule has 0 radical (unpaired) electrons. The van der Waals surface area contributed by atoms with Gasteiger partial charge in [-0.2, -0.15) is 4.98 Å². The van der Waals surface area contributed by atoms with Crippen LogP contribution in [0.2, 0.25) is 5.28 Å². The van der Waals surface area contributed by atoms with Gasteiger partial charge in [0.15, 0.2) is 11.5 Å². The quantitative estimate of drug-likeness (QED) is 0.874. The lowest BCUT2D eigenvalue weighted by Crippen LogP contribution is -2.43. The molecule has 0 spiro atoms. The fourth-order valence-corrected chi connectivity index (χ4v) is 3.03. The Labute approximate surface area is 134 Å². The van der Waals surface area contributed by atoms with Crippen LogP contribution in [0.25, 0.3) is 10.9 Å². The summed E-state index contributed by atoms with van der Waals surface area (Å²) in [5.74, 6) is 2.06. The summed E-state index contributed by atoms with van der Waals surface area (Å²) < 4.78 is 10.7. The van der Waals surface area contributed by atoms with Gasteiger partial charge in [0.05, 0.1) is 19.7 Å². The van der Waals surface area contributed by atoms with E-state index in [9.17, 15) is 0 Å². The lowest BCUT2D eigenvalue weighted by atomic mass is 10.1. The van der Waals surface area contributed by atoms with E-state index in [-0.39, 0.29) is 11.3 Å². The fraction of sp³-hybridized carbons (Fsp3) is 0.467. The van der Waals surface area contributed by atoms with E-state index in [1.807, 2.05) is 12.1 Å². The third kappa shape index (κ3) is 2.76. The van der Waals surface area contributed by atoms with Gasteiger partial charge in [-0.3, -0.25) is 0 Å². The first kappa shape index (κ1) is 15.1. The minimum atomic E-state index is 0.151. The van der Waals surface area contributed by atoms with Gasteiger partial charge in [-0.15, -0.1) is 0 Å². The number of halogens is 1. The lowest BCUT2D eigenvalue weighted by Gasteiger charge is -2.32. The molecule has 1 atom stereocenters. The zero-order chi connectivity index (χ0) is 15.7. The van der Waals surface area contributed by atoms with E-state index in [2.05, 4.69) is 14.9 Å². The molecule has 1 saturated heterocycles. The first-order chi connectivity index (χ1) is 10.6. The highest BCUT2D eigenvalue weighted by atomic mass is 35.5. The molecule has 22 heavy (non-hydrogen) atoms. The van der Waals surface area contributed by atoms with Crippen LogP contribution in [0.5, 0.6) is 11.5 Å². The van der Waals surface area contributed by atoms with Crippen molar-refractivity contribution in [3.63, 3.8) is 0 Å². The molecule has 1 unspecified atom stereocenters. The molecule has 0 amide bonds. The molecule has 1 aliphatic rings. The zero-order valence-corrected chi connectivity index (χ0v) is 13.4. The summed E-state index contributed by atoms with van der Waals surface area (Å²) in [6.07, 6.45) is 2.07. The van der Waals surface area contributed by atoms with Gasteiger partial charge >= 0.3 is 0 Å². The van der Waals surface area contributed by atoms with Crippen LogP contribution in [0.3, 0.4) is 0 Å². The van der Waals surface area contributed by atoms with Crippen LogP contribution < -0.4 is 20.1 Å². The summed E-state index contributed by atoms with van der Waals surface area (Å²) in [5, 5.41) is 1.10. The standard InChI is InChI=1S/C15H19ClN4O2/c1-21-12-6-10-11(7-13(12)22-2)18-15(16)19-14(10)20-5-3-4-9(17)8-20/h6-7,9H,3-5,8,17H2,1-2H3. The average Bonchev–Trinajstić information content (AvgIpc) is 2.52. The minimum absolute atomic E-state index is 0.151.